The van der Waals surface area contributed by atoms with E-state index in [2.05, 4.69) is 4.98 Å². The van der Waals surface area contributed by atoms with Gasteiger partial charge < -0.3 is 4.57 Å². The van der Waals surface area contributed by atoms with E-state index in [1.807, 2.05) is 18.7 Å². The molecular weight excluding hydrogens is 219 g/mol. The monoisotopic (exact) mass is 233 g/mol. The van der Waals surface area contributed by atoms with Gasteiger partial charge in [0.05, 0.1) is 12.0 Å². The normalized spacial score (nSPS) is 17.9. The van der Waals surface area contributed by atoms with Gasteiger partial charge in [-0.05, 0) is 13.8 Å². The summed E-state index contributed by atoms with van der Waals surface area (Å²) in [4.78, 5) is 5.49. The van der Waals surface area contributed by atoms with Crippen LogP contribution in [0.4, 0.5) is 13.2 Å². The molecule has 0 amide bonds. The average Bonchev–Trinajstić information content (AvgIpc) is 2.58. The highest BCUT2D eigenvalue weighted by molar-refractivity contribution is 5.18. The van der Waals surface area contributed by atoms with Crippen molar-refractivity contribution in [2.24, 2.45) is 0 Å². The highest BCUT2D eigenvalue weighted by Crippen LogP contribution is 2.32. The molecule has 0 spiro atoms. The van der Waals surface area contributed by atoms with Crippen LogP contribution in [0.5, 0.6) is 0 Å². The highest BCUT2D eigenvalue weighted by atomic mass is 19.4. The summed E-state index contributed by atoms with van der Waals surface area (Å²) in [6, 6.07) is 0.254. The Morgan fingerprint density at radius 1 is 1.31 bits per heavy atom. The molecule has 0 aromatic carbocycles. The third kappa shape index (κ3) is 1.93. The Morgan fingerprint density at radius 2 is 2.00 bits per heavy atom. The van der Waals surface area contributed by atoms with Gasteiger partial charge in [-0.3, -0.25) is 4.90 Å². The van der Waals surface area contributed by atoms with Crippen LogP contribution in [0.25, 0.3) is 0 Å². The van der Waals surface area contributed by atoms with E-state index in [0.29, 0.717) is 13.1 Å². The van der Waals surface area contributed by atoms with E-state index in [0.717, 1.165) is 6.54 Å². The molecule has 0 atom stereocenters. The summed E-state index contributed by atoms with van der Waals surface area (Å²) in [5.41, 5.74) is -0.453. The van der Waals surface area contributed by atoms with E-state index in [9.17, 15) is 13.2 Å². The first-order chi connectivity index (χ1) is 7.39. The molecule has 1 aliphatic rings. The molecule has 1 aromatic rings. The van der Waals surface area contributed by atoms with Gasteiger partial charge in [-0.2, -0.15) is 13.2 Å². The van der Waals surface area contributed by atoms with Crippen LogP contribution < -0.4 is 0 Å². The van der Waals surface area contributed by atoms with Gasteiger partial charge in [0, 0.05) is 25.7 Å². The van der Waals surface area contributed by atoms with Gasteiger partial charge in [-0.25, -0.2) is 4.98 Å². The van der Waals surface area contributed by atoms with Crippen LogP contribution in [0.1, 0.15) is 25.2 Å². The molecule has 1 aliphatic heterocycles. The lowest BCUT2D eigenvalue weighted by molar-refractivity contribution is -0.142. The molecular formula is C10H14F3N3. The van der Waals surface area contributed by atoms with Crippen LogP contribution in [-0.2, 0) is 19.3 Å². The molecule has 0 aliphatic carbocycles. The number of halogens is 3. The second-order valence-electron chi connectivity index (χ2n) is 4.30. The first kappa shape index (κ1) is 11.4. The Bertz CT molecular complexity index is 381. The summed E-state index contributed by atoms with van der Waals surface area (Å²) in [5, 5.41) is 0. The fourth-order valence-corrected chi connectivity index (χ4v) is 1.95. The third-order valence-electron chi connectivity index (χ3n) is 2.93. The van der Waals surface area contributed by atoms with Gasteiger partial charge in [0.1, 0.15) is 0 Å². The zero-order valence-electron chi connectivity index (χ0n) is 9.25. The lowest BCUT2D eigenvalue weighted by atomic mass is 10.2. The van der Waals surface area contributed by atoms with Gasteiger partial charge in [0.25, 0.3) is 0 Å². The summed E-state index contributed by atoms with van der Waals surface area (Å²) < 4.78 is 39.5. The summed E-state index contributed by atoms with van der Waals surface area (Å²) in [6.45, 7) is 5.65. The predicted octanol–water partition coefficient (Wildman–Crippen LogP) is 2.13. The average molecular weight is 233 g/mol. The number of alkyl halides is 3. The lowest BCUT2D eigenvalue weighted by Gasteiger charge is -2.31. The van der Waals surface area contributed by atoms with Gasteiger partial charge >= 0.3 is 6.18 Å². The Hall–Kier alpha value is -1.04. The zero-order valence-corrected chi connectivity index (χ0v) is 9.25. The maximum Gasteiger partial charge on any atom is 0.435 e. The first-order valence-corrected chi connectivity index (χ1v) is 5.25. The summed E-state index contributed by atoms with van der Waals surface area (Å²) in [6.07, 6.45) is -3.06. The van der Waals surface area contributed by atoms with Crippen LogP contribution in [0.2, 0.25) is 0 Å². The molecule has 16 heavy (non-hydrogen) atoms. The van der Waals surface area contributed by atoms with Crippen molar-refractivity contribution in [3.05, 3.63) is 17.7 Å². The molecule has 0 saturated heterocycles. The maximum atomic E-state index is 12.6. The van der Waals surface area contributed by atoms with Crippen molar-refractivity contribution in [3.63, 3.8) is 0 Å². The highest BCUT2D eigenvalue weighted by Gasteiger charge is 2.38. The minimum Gasteiger partial charge on any atom is -0.332 e. The van der Waals surface area contributed by atoms with E-state index in [4.69, 9.17) is 0 Å². The minimum absolute atomic E-state index is 0.254. The quantitative estimate of drug-likeness (QED) is 0.741. The van der Waals surface area contributed by atoms with Crippen molar-refractivity contribution in [2.75, 3.05) is 6.54 Å². The summed E-state index contributed by atoms with van der Waals surface area (Å²) in [7, 11) is 0. The number of fused-ring (bicyclic) bond motifs is 1. The Kier molecular flexibility index (Phi) is 2.69. The van der Waals surface area contributed by atoms with E-state index >= 15 is 0 Å². The fourth-order valence-electron chi connectivity index (χ4n) is 1.95. The molecule has 0 bridgehead atoms. The van der Waals surface area contributed by atoms with Gasteiger partial charge in [0.15, 0.2) is 5.69 Å². The maximum absolute atomic E-state index is 12.6. The number of imidazole rings is 1. The van der Waals surface area contributed by atoms with Crippen molar-refractivity contribution in [2.45, 2.75) is 39.2 Å². The van der Waals surface area contributed by atoms with Crippen molar-refractivity contribution in [1.82, 2.24) is 14.5 Å². The standard InChI is InChI=1S/C10H14F3N3/c1-7(2)15-3-4-16-6-14-9(8(16)5-15)10(11,12)13/h6-7H,3-5H2,1-2H3. The number of rotatable bonds is 1. The van der Waals surface area contributed by atoms with E-state index < -0.39 is 11.9 Å². The van der Waals surface area contributed by atoms with Crippen molar-refractivity contribution in [1.29, 1.82) is 0 Å². The number of hydrogen-bond donors (Lipinski definition) is 0. The smallest absolute Gasteiger partial charge is 0.332 e. The molecule has 90 valence electrons. The van der Waals surface area contributed by atoms with Gasteiger partial charge in [-0.1, -0.05) is 0 Å². The Labute approximate surface area is 91.9 Å². The molecule has 6 heteroatoms. The van der Waals surface area contributed by atoms with Crippen molar-refractivity contribution >= 4 is 0 Å². The summed E-state index contributed by atoms with van der Waals surface area (Å²) in [5.74, 6) is 0. The zero-order chi connectivity index (χ0) is 11.9. The molecule has 0 saturated carbocycles. The second-order valence-corrected chi connectivity index (χ2v) is 4.30. The van der Waals surface area contributed by atoms with E-state index in [-0.39, 0.29) is 11.7 Å². The van der Waals surface area contributed by atoms with Crippen LogP contribution >= 0.6 is 0 Å². The van der Waals surface area contributed by atoms with E-state index in [1.165, 1.54) is 6.33 Å². The largest absolute Gasteiger partial charge is 0.435 e. The molecule has 0 N–H and O–H groups in total. The van der Waals surface area contributed by atoms with Crippen molar-refractivity contribution in [3.8, 4) is 0 Å². The first-order valence-electron chi connectivity index (χ1n) is 5.25. The lowest BCUT2D eigenvalue weighted by Crippen LogP contribution is -2.38. The molecule has 2 heterocycles. The molecule has 2 rings (SSSR count). The molecule has 0 radical (unpaired) electrons. The Morgan fingerprint density at radius 3 is 2.56 bits per heavy atom. The number of aromatic nitrogens is 2. The minimum atomic E-state index is -4.35. The van der Waals surface area contributed by atoms with Crippen molar-refractivity contribution < 1.29 is 13.2 Å². The molecule has 3 nitrogen and oxygen atoms in total. The molecule has 1 aromatic heterocycles. The van der Waals surface area contributed by atoms with Gasteiger partial charge in [0.2, 0.25) is 0 Å². The number of nitrogens with zero attached hydrogens (tertiary/aromatic N) is 3. The molecule has 0 unspecified atom stereocenters. The van der Waals surface area contributed by atoms with Crippen LogP contribution in [0.15, 0.2) is 6.33 Å². The molecule has 0 fully saturated rings. The van der Waals surface area contributed by atoms with Crippen LogP contribution in [0, 0.1) is 0 Å². The number of hydrogen-bond acceptors (Lipinski definition) is 2. The fraction of sp³-hybridized carbons (Fsp3) is 0.700. The topological polar surface area (TPSA) is 21.1 Å². The SMILES string of the molecule is CC(C)N1CCn2cnc(C(F)(F)F)c2C1. The third-order valence-corrected chi connectivity index (χ3v) is 2.93. The Balaban J connectivity index is 2.32. The van der Waals surface area contributed by atoms with Gasteiger partial charge in [-0.15, -0.1) is 0 Å². The van der Waals surface area contributed by atoms with Crippen LogP contribution in [-0.4, -0.2) is 27.0 Å². The predicted molar refractivity (Wildman–Crippen MR) is 52.8 cm³/mol. The summed E-state index contributed by atoms with van der Waals surface area (Å²) >= 11 is 0. The van der Waals surface area contributed by atoms with E-state index in [1.54, 1.807) is 4.57 Å². The van der Waals surface area contributed by atoms with Crippen LogP contribution in [0.3, 0.4) is 0 Å². The second kappa shape index (κ2) is 3.76.